The van der Waals surface area contributed by atoms with Crippen molar-refractivity contribution < 1.29 is 0 Å². The van der Waals surface area contributed by atoms with Crippen molar-refractivity contribution in [2.75, 3.05) is 0 Å². The molecule has 3 rings (SSSR count). The van der Waals surface area contributed by atoms with Gasteiger partial charge in [-0.15, -0.1) is 0 Å². The second-order valence-corrected chi connectivity index (χ2v) is 4.82. The number of aliphatic imine (C=N–C) groups is 4. The quantitative estimate of drug-likeness (QED) is 0.672. The average Bonchev–Trinajstić information content (AvgIpc) is 2.76. The van der Waals surface area contributed by atoms with Crippen LogP contribution in [0.4, 0.5) is 0 Å². The fourth-order valence-electron chi connectivity index (χ4n) is 2.82. The summed E-state index contributed by atoms with van der Waals surface area (Å²) in [5.74, 6) is 1.13. The van der Waals surface area contributed by atoms with Gasteiger partial charge in [-0.1, -0.05) is 30.9 Å². The van der Waals surface area contributed by atoms with E-state index in [9.17, 15) is 0 Å². The molecule has 2 aliphatic heterocycles. The molecule has 1 saturated carbocycles. The fraction of sp³-hybridized carbons (Fsp3) is 0.636. The van der Waals surface area contributed by atoms with Crippen LogP contribution in [-0.4, -0.2) is 29.2 Å². The van der Waals surface area contributed by atoms with Gasteiger partial charge in [0.1, 0.15) is 17.8 Å². The average molecular weight is 237 g/mol. The molecular weight excluding hydrogens is 224 g/mol. The third kappa shape index (κ3) is 1.29. The van der Waals surface area contributed by atoms with E-state index in [0.29, 0.717) is 11.1 Å². The molecule has 1 unspecified atom stereocenters. The Labute approximate surface area is 99.3 Å². The van der Waals surface area contributed by atoms with E-state index in [2.05, 4.69) is 20.0 Å². The minimum atomic E-state index is -0.545. The molecule has 1 aliphatic carbocycles. The van der Waals surface area contributed by atoms with Gasteiger partial charge in [-0.25, -0.2) is 15.0 Å². The summed E-state index contributed by atoms with van der Waals surface area (Å²) in [4.78, 5) is 17.0. The zero-order valence-corrected chi connectivity index (χ0v) is 9.69. The third-order valence-electron chi connectivity index (χ3n) is 3.64. The molecular formula is C11H13ClN4. The van der Waals surface area contributed by atoms with Gasteiger partial charge in [-0.05, 0) is 18.8 Å². The van der Waals surface area contributed by atoms with Crippen LogP contribution >= 0.6 is 11.6 Å². The summed E-state index contributed by atoms with van der Waals surface area (Å²) in [6, 6.07) is 0. The van der Waals surface area contributed by atoms with Crippen molar-refractivity contribution in [3.8, 4) is 0 Å². The van der Waals surface area contributed by atoms with Crippen LogP contribution in [0.1, 0.15) is 32.1 Å². The number of fused-ring (bicyclic) bond motifs is 1. The predicted molar refractivity (Wildman–Crippen MR) is 67.0 cm³/mol. The first-order chi connectivity index (χ1) is 7.84. The highest BCUT2D eigenvalue weighted by Crippen LogP contribution is 2.41. The molecule has 0 aromatic heterocycles. The van der Waals surface area contributed by atoms with Gasteiger partial charge in [0.05, 0.1) is 0 Å². The van der Waals surface area contributed by atoms with Gasteiger partial charge in [-0.3, -0.25) is 4.99 Å². The maximum absolute atomic E-state index is 6.27. The summed E-state index contributed by atoms with van der Waals surface area (Å²) >= 11 is 6.27. The molecule has 0 aromatic rings. The zero-order valence-electron chi connectivity index (χ0n) is 8.93. The minimum absolute atomic E-state index is 0.410. The molecule has 4 nitrogen and oxygen atoms in total. The highest BCUT2D eigenvalue weighted by Gasteiger charge is 2.50. The Morgan fingerprint density at radius 1 is 1.12 bits per heavy atom. The minimum Gasteiger partial charge on any atom is -0.251 e. The molecule has 2 heterocycles. The second-order valence-electron chi connectivity index (χ2n) is 4.46. The van der Waals surface area contributed by atoms with E-state index < -0.39 is 5.54 Å². The third-order valence-corrected chi connectivity index (χ3v) is 4.03. The van der Waals surface area contributed by atoms with Crippen molar-refractivity contribution in [3.05, 3.63) is 0 Å². The number of hydrogen-bond donors (Lipinski definition) is 0. The number of hydrogen-bond acceptors (Lipinski definition) is 4. The Morgan fingerprint density at radius 3 is 2.75 bits per heavy atom. The fourth-order valence-corrected chi connectivity index (χ4v) is 3.15. The van der Waals surface area contributed by atoms with Crippen molar-refractivity contribution in [1.29, 1.82) is 0 Å². The van der Waals surface area contributed by atoms with Gasteiger partial charge in [0.2, 0.25) is 0 Å². The van der Waals surface area contributed by atoms with Gasteiger partial charge in [0.25, 0.3) is 0 Å². The van der Waals surface area contributed by atoms with Gasteiger partial charge in [0.15, 0.2) is 11.4 Å². The van der Waals surface area contributed by atoms with Crippen LogP contribution in [0, 0.1) is 5.92 Å². The van der Waals surface area contributed by atoms with Crippen molar-refractivity contribution in [3.63, 3.8) is 0 Å². The summed E-state index contributed by atoms with van der Waals surface area (Å²) in [6.07, 6.45) is 9.10. The zero-order chi connectivity index (χ0) is 11.0. The first-order valence-electron chi connectivity index (χ1n) is 5.72. The Kier molecular flexibility index (Phi) is 2.39. The SMILES string of the molecule is ClC1=NC=NC2=NC=NC12C1CCCCC1. The molecule has 0 saturated heterocycles. The van der Waals surface area contributed by atoms with Crippen LogP contribution in [0.3, 0.4) is 0 Å². The van der Waals surface area contributed by atoms with Crippen LogP contribution < -0.4 is 0 Å². The second kappa shape index (κ2) is 3.77. The van der Waals surface area contributed by atoms with E-state index in [4.69, 9.17) is 11.6 Å². The van der Waals surface area contributed by atoms with Crippen molar-refractivity contribution in [1.82, 2.24) is 0 Å². The Morgan fingerprint density at radius 2 is 1.94 bits per heavy atom. The number of amidine groups is 1. The van der Waals surface area contributed by atoms with Crippen molar-refractivity contribution in [2.45, 2.75) is 37.6 Å². The van der Waals surface area contributed by atoms with E-state index in [1.54, 1.807) is 6.34 Å². The molecule has 0 N–H and O–H groups in total. The first-order valence-corrected chi connectivity index (χ1v) is 6.10. The van der Waals surface area contributed by atoms with Crippen LogP contribution in [-0.2, 0) is 0 Å². The van der Waals surface area contributed by atoms with Crippen LogP contribution in [0.25, 0.3) is 0 Å². The summed E-state index contributed by atoms with van der Waals surface area (Å²) in [6.45, 7) is 0. The summed E-state index contributed by atoms with van der Waals surface area (Å²) in [7, 11) is 0. The van der Waals surface area contributed by atoms with Crippen molar-refractivity contribution >= 4 is 35.3 Å². The molecule has 5 heteroatoms. The maximum atomic E-state index is 6.27. The van der Waals surface area contributed by atoms with E-state index in [1.165, 1.54) is 25.6 Å². The molecule has 1 atom stereocenters. The van der Waals surface area contributed by atoms with Gasteiger partial charge < -0.3 is 0 Å². The monoisotopic (exact) mass is 236 g/mol. The van der Waals surface area contributed by atoms with E-state index in [-0.39, 0.29) is 0 Å². The summed E-state index contributed by atoms with van der Waals surface area (Å²) in [5, 5.41) is 0.530. The van der Waals surface area contributed by atoms with Crippen LogP contribution in [0.2, 0.25) is 0 Å². The Balaban J connectivity index is 2.01. The highest BCUT2D eigenvalue weighted by atomic mass is 35.5. The molecule has 0 aromatic carbocycles. The van der Waals surface area contributed by atoms with E-state index >= 15 is 0 Å². The Hall–Kier alpha value is -1.03. The van der Waals surface area contributed by atoms with Crippen LogP contribution in [0.5, 0.6) is 0 Å². The summed E-state index contributed by atoms with van der Waals surface area (Å²) in [5.41, 5.74) is -0.545. The molecule has 0 amide bonds. The smallest absolute Gasteiger partial charge is 0.177 e. The molecule has 16 heavy (non-hydrogen) atoms. The van der Waals surface area contributed by atoms with Crippen LogP contribution in [0.15, 0.2) is 20.0 Å². The molecule has 0 radical (unpaired) electrons. The topological polar surface area (TPSA) is 49.4 Å². The lowest BCUT2D eigenvalue weighted by atomic mass is 9.74. The van der Waals surface area contributed by atoms with Gasteiger partial charge in [-0.2, -0.15) is 0 Å². The summed E-state index contributed by atoms with van der Waals surface area (Å²) < 4.78 is 0. The lowest BCUT2D eigenvalue weighted by Crippen LogP contribution is -2.49. The standard InChI is InChI=1S/C11H13ClN4/c12-9-11(8-4-2-1-3-5-8)10(14-6-13-9)15-7-16-11/h6-8H,1-5H2. The van der Waals surface area contributed by atoms with E-state index in [0.717, 1.165) is 18.7 Å². The lowest BCUT2D eigenvalue weighted by molar-refractivity contribution is 0.315. The number of rotatable bonds is 1. The normalized spacial score (nSPS) is 33.6. The van der Waals surface area contributed by atoms with Gasteiger partial charge >= 0.3 is 0 Å². The van der Waals surface area contributed by atoms with Crippen molar-refractivity contribution in [2.24, 2.45) is 25.9 Å². The lowest BCUT2D eigenvalue weighted by Gasteiger charge is -2.36. The highest BCUT2D eigenvalue weighted by molar-refractivity contribution is 6.71. The van der Waals surface area contributed by atoms with Gasteiger partial charge in [0, 0.05) is 0 Å². The number of halogens is 1. The largest absolute Gasteiger partial charge is 0.251 e. The molecule has 84 valence electrons. The molecule has 1 fully saturated rings. The predicted octanol–water partition coefficient (Wildman–Crippen LogP) is 2.43. The first kappa shape index (κ1) is 10.1. The molecule has 3 aliphatic rings. The molecule has 0 bridgehead atoms. The van der Waals surface area contributed by atoms with E-state index in [1.807, 2.05) is 0 Å². The Bertz CT molecular complexity index is 418. The number of nitrogens with zero attached hydrogens (tertiary/aromatic N) is 4. The molecule has 0 spiro atoms. The maximum Gasteiger partial charge on any atom is 0.177 e.